The lowest BCUT2D eigenvalue weighted by Crippen LogP contribution is -2.39. The van der Waals surface area contributed by atoms with Gasteiger partial charge in [-0.15, -0.1) is 0 Å². The number of carbonyl (C=O) groups is 2. The fraction of sp³-hybridized carbons (Fsp3) is 0.231. The molecule has 2 aromatic carbocycles. The molecule has 4 rings (SSSR count). The van der Waals surface area contributed by atoms with Gasteiger partial charge in [0.1, 0.15) is 5.75 Å². The first-order valence-corrected chi connectivity index (χ1v) is 11.7. The molecule has 2 heterocycles. The lowest BCUT2D eigenvalue weighted by atomic mass is 9.96. The minimum Gasteiger partial charge on any atom is -0.497 e. The third-order valence-corrected chi connectivity index (χ3v) is 6.56. The number of carbonyl (C=O) groups excluding carboxylic acids is 2. The third-order valence-electron chi connectivity index (χ3n) is 5.58. The fourth-order valence-corrected chi connectivity index (χ4v) is 4.92. The number of hydrogen-bond donors (Lipinski definition) is 0. The van der Waals surface area contributed by atoms with Crippen LogP contribution in [0.3, 0.4) is 0 Å². The molecule has 8 nitrogen and oxygen atoms in total. The first-order valence-electron chi connectivity index (χ1n) is 10.9. The molecule has 35 heavy (non-hydrogen) atoms. The van der Waals surface area contributed by atoms with Crippen molar-refractivity contribution < 1.29 is 23.8 Å². The Morgan fingerprint density at radius 2 is 1.74 bits per heavy atom. The molecule has 0 saturated carbocycles. The Labute approximate surface area is 205 Å². The van der Waals surface area contributed by atoms with Gasteiger partial charge < -0.3 is 14.2 Å². The zero-order valence-electron chi connectivity index (χ0n) is 19.7. The monoisotopic (exact) mass is 492 g/mol. The molecule has 3 aromatic rings. The SMILES string of the molecule is CCOC(=O)C1=C(C)N=c2s/c(=C\c3ccc(C(=O)OC)cc3)c(=O)n2[C@H]1c1ccc(OC)cc1. The molecule has 1 aliphatic heterocycles. The van der Waals surface area contributed by atoms with Crippen LogP contribution in [0.15, 0.2) is 69.6 Å². The highest BCUT2D eigenvalue weighted by atomic mass is 32.1. The summed E-state index contributed by atoms with van der Waals surface area (Å²) in [6.45, 7) is 3.68. The third kappa shape index (κ3) is 4.67. The molecule has 0 radical (unpaired) electrons. The number of hydrogen-bond acceptors (Lipinski definition) is 8. The van der Waals surface area contributed by atoms with E-state index in [1.54, 1.807) is 63.4 Å². The summed E-state index contributed by atoms with van der Waals surface area (Å²) in [4.78, 5) is 43.3. The van der Waals surface area contributed by atoms with E-state index in [0.29, 0.717) is 31.9 Å². The lowest BCUT2D eigenvalue weighted by Gasteiger charge is -2.24. The van der Waals surface area contributed by atoms with Gasteiger partial charge >= 0.3 is 11.9 Å². The zero-order chi connectivity index (χ0) is 25.1. The first-order chi connectivity index (χ1) is 16.9. The molecule has 0 fully saturated rings. The summed E-state index contributed by atoms with van der Waals surface area (Å²) < 4.78 is 17.3. The Kier molecular flexibility index (Phi) is 6.97. The minimum atomic E-state index is -0.694. The van der Waals surface area contributed by atoms with E-state index in [4.69, 9.17) is 14.2 Å². The van der Waals surface area contributed by atoms with E-state index in [0.717, 1.165) is 11.1 Å². The van der Waals surface area contributed by atoms with Crippen LogP contribution in [0.25, 0.3) is 6.08 Å². The van der Waals surface area contributed by atoms with Crippen molar-refractivity contribution in [2.75, 3.05) is 20.8 Å². The van der Waals surface area contributed by atoms with Gasteiger partial charge in [0.2, 0.25) is 0 Å². The second-order valence-corrected chi connectivity index (χ2v) is 8.70. The van der Waals surface area contributed by atoms with Gasteiger partial charge in [-0.2, -0.15) is 0 Å². The normalized spacial score (nSPS) is 15.3. The van der Waals surface area contributed by atoms with Crippen LogP contribution >= 0.6 is 11.3 Å². The predicted molar refractivity (Wildman–Crippen MR) is 131 cm³/mol. The smallest absolute Gasteiger partial charge is 0.338 e. The second-order valence-electron chi connectivity index (χ2n) is 7.69. The maximum atomic E-state index is 13.6. The average Bonchev–Trinajstić information content (AvgIpc) is 3.17. The van der Waals surface area contributed by atoms with Crippen LogP contribution < -0.4 is 19.6 Å². The molecule has 1 atom stereocenters. The maximum absolute atomic E-state index is 13.6. The standard InChI is InChI=1S/C26H24N2O6S/c1-5-34-25(31)21-15(2)27-26-28(22(21)17-10-12-19(32-3)13-11-17)23(29)20(35-26)14-16-6-8-18(9-7-16)24(30)33-4/h6-14,22H,5H2,1-4H3/b20-14-/t22-/m0/s1. The number of esters is 2. The number of rotatable bonds is 6. The summed E-state index contributed by atoms with van der Waals surface area (Å²) in [5.74, 6) is -0.283. The molecule has 180 valence electrons. The van der Waals surface area contributed by atoms with Crippen LogP contribution in [0.1, 0.15) is 41.4 Å². The summed E-state index contributed by atoms with van der Waals surface area (Å²) in [7, 11) is 2.90. The maximum Gasteiger partial charge on any atom is 0.338 e. The van der Waals surface area contributed by atoms with E-state index < -0.39 is 18.0 Å². The molecule has 0 bridgehead atoms. The molecular weight excluding hydrogens is 468 g/mol. The number of fused-ring (bicyclic) bond motifs is 1. The largest absolute Gasteiger partial charge is 0.497 e. The van der Waals surface area contributed by atoms with E-state index >= 15 is 0 Å². The van der Waals surface area contributed by atoms with Crippen LogP contribution in [-0.2, 0) is 14.3 Å². The topological polar surface area (TPSA) is 96.2 Å². The highest BCUT2D eigenvalue weighted by molar-refractivity contribution is 7.07. The minimum absolute atomic E-state index is 0.205. The van der Waals surface area contributed by atoms with Crippen molar-refractivity contribution in [3.8, 4) is 5.75 Å². The fourth-order valence-electron chi connectivity index (χ4n) is 3.88. The van der Waals surface area contributed by atoms with Crippen molar-refractivity contribution in [1.29, 1.82) is 0 Å². The molecule has 1 aromatic heterocycles. The van der Waals surface area contributed by atoms with Crippen LogP contribution in [0, 0.1) is 0 Å². The highest BCUT2D eigenvalue weighted by Gasteiger charge is 2.33. The molecule has 0 aliphatic carbocycles. The van der Waals surface area contributed by atoms with Gasteiger partial charge in [-0.25, -0.2) is 14.6 Å². The number of benzene rings is 2. The van der Waals surface area contributed by atoms with Crippen LogP contribution in [-0.4, -0.2) is 37.3 Å². The van der Waals surface area contributed by atoms with Gasteiger partial charge in [0, 0.05) is 0 Å². The van der Waals surface area contributed by atoms with Crippen molar-refractivity contribution in [1.82, 2.24) is 4.57 Å². The Bertz CT molecular complexity index is 1480. The van der Waals surface area contributed by atoms with Gasteiger partial charge in [0.05, 0.1) is 48.2 Å². The quantitative estimate of drug-likeness (QED) is 0.491. The number of allylic oxidation sites excluding steroid dienone is 1. The molecule has 0 amide bonds. The molecule has 0 spiro atoms. The Hall–Kier alpha value is -3.98. The number of methoxy groups -OCH3 is 2. The van der Waals surface area contributed by atoms with Crippen molar-refractivity contribution in [2.24, 2.45) is 4.99 Å². The zero-order valence-corrected chi connectivity index (χ0v) is 20.5. The number of thiazole rings is 1. The van der Waals surface area contributed by atoms with Gasteiger partial charge in [-0.3, -0.25) is 9.36 Å². The van der Waals surface area contributed by atoms with E-state index in [2.05, 4.69) is 4.99 Å². The van der Waals surface area contributed by atoms with Gasteiger partial charge in [0.15, 0.2) is 4.80 Å². The van der Waals surface area contributed by atoms with E-state index in [9.17, 15) is 14.4 Å². The molecule has 0 saturated heterocycles. The molecule has 0 N–H and O–H groups in total. The molecule has 0 unspecified atom stereocenters. The van der Waals surface area contributed by atoms with Crippen LogP contribution in [0.5, 0.6) is 5.75 Å². The molecule has 9 heteroatoms. The van der Waals surface area contributed by atoms with E-state index in [1.807, 2.05) is 12.1 Å². The van der Waals surface area contributed by atoms with Crippen LogP contribution in [0.2, 0.25) is 0 Å². The summed E-state index contributed by atoms with van der Waals surface area (Å²) >= 11 is 1.23. The van der Waals surface area contributed by atoms with Crippen molar-refractivity contribution >= 4 is 29.4 Å². The highest BCUT2D eigenvalue weighted by Crippen LogP contribution is 2.31. The average molecular weight is 493 g/mol. The van der Waals surface area contributed by atoms with Crippen molar-refractivity contribution in [2.45, 2.75) is 19.9 Å². The summed E-state index contributed by atoms with van der Waals surface area (Å²) in [5.41, 5.74) is 2.43. The van der Waals surface area contributed by atoms with Crippen molar-refractivity contribution in [3.05, 3.63) is 96.2 Å². The molecular formula is C26H24N2O6S. The Morgan fingerprint density at radius 3 is 2.34 bits per heavy atom. The Balaban J connectivity index is 1.87. The second kappa shape index (κ2) is 10.1. The lowest BCUT2D eigenvalue weighted by molar-refractivity contribution is -0.139. The Morgan fingerprint density at radius 1 is 1.06 bits per heavy atom. The van der Waals surface area contributed by atoms with E-state index in [-0.39, 0.29) is 12.2 Å². The van der Waals surface area contributed by atoms with Gasteiger partial charge in [-0.05, 0) is 55.3 Å². The van der Waals surface area contributed by atoms with Crippen molar-refractivity contribution in [3.63, 3.8) is 0 Å². The summed E-state index contributed by atoms with van der Waals surface area (Å²) in [6.07, 6.45) is 1.74. The number of ether oxygens (including phenoxy) is 3. The van der Waals surface area contributed by atoms with Gasteiger partial charge in [0.25, 0.3) is 5.56 Å². The number of nitrogens with zero attached hydrogens (tertiary/aromatic N) is 2. The van der Waals surface area contributed by atoms with Gasteiger partial charge in [-0.1, -0.05) is 35.6 Å². The molecule has 1 aliphatic rings. The number of aromatic nitrogens is 1. The summed E-state index contributed by atoms with van der Waals surface area (Å²) in [6, 6.07) is 13.3. The van der Waals surface area contributed by atoms with E-state index in [1.165, 1.54) is 23.0 Å². The van der Waals surface area contributed by atoms with Crippen LogP contribution in [0.4, 0.5) is 0 Å². The predicted octanol–water partition coefficient (Wildman–Crippen LogP) is 2.59. The summed E-state index contributed by atoms with van der Waals surface area (Å²) in [5, 5.41) is 0. The first kappa shape index (κ1) is 24.2.